The van der Waals surface area contributed by atoms with Crippen LogP contribution in [0.3, 0.4) is 0 Å². The van der Waals surface area contributed by atoms with Crippen LogP contribution in [-0.4, -0.2) is 23.6 Å². The molecule has 2 aromatic carbocycles. The maximum atomic E-state index is 12.3. The van der Waals surface area contributed by atoms with Crippen molar-refractivity contribution in [3.63, 3.8) is 0 Å². The number of ether oxygens (including phenoxy) is 1. The van der Waals surface area contributed by atoms with Crippen LogP contribution in [0.2, 0.25) is 0 Å². The molecule has 0 aliphatic heterocycles. The van der Waals surface area contributed by atoms with Crippen LogP contribution in [-0.2, 0) is 0 Å². The van der Waals surface area contributed by atoms with Gasteiger partial charge in [-0.15, -0.1) is 0 Å². The Balaban J connectivity index is 2.19. The fourth-order valence-corrected chi connectivity index (χ4v) is 2.11. The zero-order chi connectivity index (χ0) is 18.6. The van der Waals surface area contributed by atoms with Crippen LogP contribution in [0.25, 0.3) is 0 Å². The van der Waals surface area contributed by atoms with E-state index in [2.05, 4.69) is 10.1 Å². The smallest absolute Gasteiger partial charge is 0.422 e. The van der Waals surface area contributed by atoms with Crippen LogP contribution in [0.1, 0.15) is 15.9 Å². The molecule has 0 aliphatic rings. The van der Waals surface area contributed by atoms with Crippen LogP contribution >= 0.6 is 0 Å². The predicted molar refractivity (Wildman–Crippen MR) is 83.8 cm³/mol. The molecular weight excluding hydrogens is 341 g/mol. The number of carbonyl (C=O) groups excluding carboxylic acids is 1. The van der Waals surface area contributed by atoms with Gasteiger partial charge in [-0.25, -0.2) is 0 Å². The summed E-state index contributed by atoms with van der Waals surface area (Å²) in [7, 11) is 0. The highest BCUT2D eigenvalue weighted by molar-refractivity contribution is 6.07. The van der Waals surface area contributed by atoms with E-state index in [1.165, 1.54) is 49.4 Å². The van der Waals surface area contributed by atoms with E-state index in [9.17, 15) is 28.1 Å². The number of aryl methyl sites for hydroxylation is 1. The first-order valence-electron chi connectivity index (χ1n) is 7.02. The number of nitrogens with one attached hydrogen (secondary N) is 1. The van der Waals surface area contributed by atoms with Crippen molar-refractivity contribution in [2.24, 2.45) is 0 Å². The summed E-state index contributed by atoms with van der Waals surface area (Å²) in [6, 6.07) is 9.62. The minimum atomic E-state index is -4.48. The number of alkyl halides is 3. The largest absolute Gasteiger partial charge is 0.484 e. The van der Waals surface area contributed by atoms with Crippen LogP contribution in [0.4, 0.5) is 24.5 Å². The number of amides is 1. The molecule has 0 bridgehead atoms. The number of anilines is 1. The lowest BCUT2D eigenvalue weighted by atomic mass is 10.1. The maximum absolute atomic E-state index is 12.3. The lowest BCUT2D eigenvalue weighted by Gasteiger charge is -2.11. The maximum Gasteiger partial charge on any atom is 0.422 e. The lowest BCUT2D eigenvalue weighted by molar-refractivity contribution is -0.385. The summed E-state index contributed by atoms with van der Waals surface area (Å²) in [5.41, 5.74) is -0.00326. The normalized spacial score (nSPS) is 11.0. The van der Waals surface area contributed by atoms with Gasteiger partial charge in [-0.2, -0.15) is 13.2 Å². The van der Waals surface area contributed by atoms with Gasteiger partial charge >= 0.3 is 6.18 Å². The van der Waals surface area contributed by atoms with Crippen molar-refractivity contribution in [1.29, 1.82) is 0 Å². The quantitative estimate of drug-likeness (QED) is 0.647. The Bertz CT molecular complexity index is 806. The molecule has 0 fully saturated rings. The first-order valence-corrected chi connectivity index (χ1v) is 7.02. The molecule has 2 rings (SSSR count). The SMILES string of the molecule is Cc1cccc(C(=O)Nc2cccc(OCC(F)(F)F)c2)c1[N+](=O)[O-]. The Morgan fingerprint density at radius 2 is 1.92 bits per heavy atom. The average molecular weight is 354 g/mol. The molecule has 0 spiro atoms. The number of nitro benzene ring substituents is 1. The van der Waals surface area contributed by atoms with E-state index in [0.29, 0.717) is 5.56 Å². The van der Waals surface area contributed by atoms with Gasteiger partial charge in [0, 0.05) is 17.3 Å². The Morgan fingerprint density at radius 3 is 2.56 bits per heavy atom. The Labute approximate surface area is 140 Å². The van der Waals surface area contributed by atoms with E-state index in [1.54, 1.807) is 0 Å². The third kappa shape index (κ3) is 4.93. The summed E-state index contributed by atoms with van der Waals surface area (Å²) >= 11 is 0. The lowest BCUT2D eigenvalue weighted by Crippen LogP contribution is -2.19. The van der Waals surface area contributed by atoms with E-state index in [-0.39, 0.29) is 22.7 Å². The molecule has 0 saturated carbocycles. The van der Waals surface area contributed by atoms with Gasteiger partial charge < -0.3 is 10.1 Å². The second kappa shape index (κ2) is 7.20. The molecule has 0 aromatic heterocycles. The standard InChI is InChI=1S/C16H13F3N2O4/c1-10-4-2-7-13(14(10)21(23)24)15(22)20-11-5-3-6-12(8-11)25-9-16(17,18)19/h2-8H,9H2,1H3,(H,20,22). The van der Waals surface area contributed by atoms with Gasteiger partial charge in [0.25, 0.3) is 11.6 Å². The molecule has 0 atom stereocenters. The first-order chi connectivity index (χ1) is 11.7. The van der Waals surface area contributed by atoms with Gasteiger partial charge in [-0.1, -0.05) is 18.2 Å². The molecule has 0 aliphatic carbocycles. The monoisotopic (exact) mass is 354 g/mol. The molecule has 2 aromatic rings. The Morgan fingerprint density at radius 1 is 1.24 bits per heavy atom. The van der Waals surface area contributed by atoms with E-state index in [1.807, 2.05) is 0 Å². The fourth-order valence-electron chi connectivity index (χ4n) is 2.11. The van der Waals surface area contributed by atoms with E-state index >= 15 is 0 Å². The van der Waals surface area contributed by atoms with Crippen molar-refractivity contribution >= 4 is 17.3 Å². The number of para-hydroxylation sites is 1. The molecule has 1 N–H and O–H groups in total. The molecule has 6 nitrogen and oxygen atoms in total. The van der Waals surface area contributed by atoms with Crippen molar-refractivity contribution < 1.29 is 27.6 Å². The minimum Gasteiger partial charge on any atom is -0.484 e. The van der Waals surface area contributed by atoms with Crippen LogP contribution in [0.15, 0.2) is 42.5 Å². The summed E-state index contributed by atoms with van der Waals surface area (Å²) < 4.78 is 41.1. The highest BCUT2D eigenvalue weighted by Crippen LogP contribution is 2.25. The highest BCUT2D eigenvalue weighted by Gasteiger charge is 2.28. The van der Waals surface area contributed by atoms with Gasteiger partial charge in [-0.3, -0.25) is 14.9 Å². The molecule has 0 unspecified atom stereocenters. The van der Waals surface area contributed by atoms with Gasteiger partial charge in [0.05, 0.1) is 4.92 Å². The number of hydrogen-bond acceptors (Lipinski definition) is 4. The van der Waals surface area contributed by atoms with E-state index < -0.39 is 23.6 Å². The Hall–Kier alpha value is -3.10. The molecular formula is C16H13F3N2O4. The number of rotatable bonds is 5. The zero-order valence-electron chi connectivity index (χ0n) is 13.0. The number of carbonyl (C=O) groups is 1. The number of hydrogen-bond donors (Lipinski definition) is 1. The summed E-state index contributed by atoms with van der Waals surface area (Å²) in [6.07, 6.45) is -4.48. The fraction of sp³-hybridized carbons (Fsp3) is 0.188. The van der Waals surface area contributed by atoms with E-state index in [4.69, 9.17) is 0 Å². The second-order valence-corrected chi connectivity index (χ2v) is 5.11. The van der Waals surface area contributed by atoms with Crippen LogP contribution < -0.4 is 10.1 Å². The molecule has 0 saturated heterocycles. The Kier molecular flexibility index (Phi) is 5.26. The minimum absolute atomic E-state index is 0.0890. The third-order valence-corrected chi connectivity index (χ3v) is 3.16. The van der Waals surface area contributed by atoms with Crippen molar-refractivity contribution in [3.05, 3.63) is 63.7 Å². The van der Waals surface area contributed by atoms with Crippen molar-refractivity contribution in [3.8, 4) is 5.75 Å². The summed E-state index contributed by atoms with van der Waals surface area (Å²) in [5.74, 6) is -0.836. The van der Waals surface area contributed by atoms with Gasteiger partial charge in [-0.05, 0) is 25.1 Å². The summed E-state index contributed by atoms with van der Waals surface area (Å²) in [5, 5.41) is 13.5. The van der Waals surface area contributed by atoms with Crippen molar-refractivity contribution in [2.75, 3.05) is 11.9 Å². The molecule has 0 radical (unpaired) electrons. The average Bonchev–Trinajstić information content (AvgIpc) is 2.52. The number of nitrogens with zero attached hydrogens (tertiary/aromatic N) is 1. The van der Waals surface area contributed by atoms with Gasteiger partial charge in [0.15, 0.2) is 6.61 Å². The summed E-state index contributed by atoms with van der Waals surface area (Å²) in [4.78, 5) is 22.8. The molecule has 25 heavy (non-hydrogen) atoms. The van der Waals surface area contributed by atoms with E-state index in [0.717, 1.165) is 0 Å². The van der Waals surface area contributed by atoms with Gasteiger partial charge in [0.2, 0.25) is 0 Å². The number of benzene rings is 2. The van der Waals surface area contributed by atoms with Crippen LogP contribution in [0.5, 0.6) is 5.75 Å². The molecule has 1 amide bonds. The highest BCUT2D eigenvalue weighted by atomic mass is 19.4. The molecule has 132 valence electrons. The molecule has 9 heteroatoms. The van der Waals surface area contributed by atoms with Gasteiger partial charge in [0.1, 0.15) is 11.3 Å². The zero-order valence-corrected chi connectivity index (χ0v) is 13.0. The van der Waals surface area contributed by atoms with Crippen molar-refractivity contribution in [1.82, 2.24) is 0 Å². The molecule has 0 heterocycles. The number of halogens is 3. The predicted octanol–water partition coefficient (Wildman–Crippen LogP) is 4.10. The summed E-state index contributed by atoms with van der Waals surface area (Å²) in [6.45, 7) is 0.0360. The third-order valence-electron chi connectivity index (χ3n) is 3.16. The van der Waals surface area contributed by atoms with Crippen LogP contribution in [0, 0.1) is 17.0 Å². The second-order valence-electron chi connectivity index (χ2n) is 5.11. The topological polar surface area (TPSA) is 81.5 Å². The van der Waals surface area contributed by atoms with Crippen molar-refractivity contribution in [2.45, 2.75) is 13.1 Å². The number of nitro groups is 1. The first kappa shape index (κ1) is 18.2.